The van der Waals surface area contributed by atoms with Crippen molar-refractivity contribution in [1.29, 1.82) is 0 Å². The van der Waals surface area contributed by atoms with Crippen molar-refractivity contribution < 1.29 is 0 Å². The molecule has 2 heterocycles. The predicted octanol–water partition coefficient (Wildman–Crippen LogP) is 2.13. The first-order valence-electron chi connectivity index (χ1n) is 7.81. The van der Waals surface area contributed by atoms with E-state index in [0.717, 1.165) is 30.4 Å². The van der Waals surface area contributed by atoms with Gasteiger partial charge in [0.1, 0.15) is 5.82 Å². The maximum atomic E-state index is 5.79. The minimum Gasteiger partial charge on any atom is -0.370 e. The highest BCUT2D eigenvalue weighted by Gasteiger charge is 2.16. The van der Waals surface area contributed by atoms with Gasteiger partial charge in [0.25, 0.3) is 0 Å². The average molecular weight is 289 g/mol. The Balaban J connectivity index is 1.90. The first-order valence-corrected chi connectivity index (χ1v) is 7.81. The fraction of sp³-hybridized carbons (Fsp3) is 0.625. The zero-order valence-corrected chi connectivity index (χ0v) is 13.3. The van der Waals surface area contributed by atoms with Gasteiger partial charge in [-0.25, -0.2) is 9.98 Å². The van der Waals surface area contributed by atoms with Crippen molar-refractivity contribution in [2.24, 2.45) is 16.6 Å². The van der Waals surface area contributed by atoms with Crippen LogP contribution in [0.2, 0.25) is 0 Å². The summed E-state index contributed by atoms with van der Waals surface area (Å²) in [5.74, 6) is 2.40. The molecule has 0 atom stereocenters. The summed E-state index contributed by atoms with van der Waals surface area (Å²) in [6, 6.07) is 4.48. The van der Waals surface area contributed by atoms with Gasteiger partial charge in [0.15, 0.2) is 5.96 Å². The topological polar surface area (TPSA) is 66.5 Å². The molecule has 0 radical (unpaired) electrons. The number of hydrogen-bond acceptors (Lipinski definition) is 3. The zero-order valence-electron chi connectivity index (χ0n) is 13.3. The molecule has 1 saturated heterocycles. The van der Waals surface area contributed by atoms with Crippen molar-refractivity contribution in [3.63, 3.8) is 0 Å². The number of aliphatic imine (C=N–C) groups is 1. The third kappa shape index (κ3) is 4.92. The third-order valence-corrected chi connectivity index (χ3v) is 3.79. The van der Waals surface area contributed by atoms with Crippen LogP contribution in [-0.4, -0.2) is 30.1 Å². The molecule has 0 bridgehead atoms. The molecule has 0 aromatic carbocycles. The number of rotatable bonds is 4. The molecule has 116 valence electrons. The van der Waals surface area contributed by atoms with Crippen LogP contribution in [0.3, 0.4) is 0 Å². The lowest BCUT2D eigenvalue weighted by Gasteiger charge is -2.31. The average Bonchev–Trinajstić information content (AvgIpc) is 2.46. The van der Waals surface area contributed by atoms with Gasteiger partial charge in [-0.3, -0.25) is 0 Å². The Bertz CT molecular complexity index is 458. The third-order valence-electron chi connectivity index (χ3n) is 3.79. The highest BCUT2D eigenvalue weighted by molar-refractivity contribution is 5.78. The molecule has 0 unspecified atom stereocenters. The highest BCUT2D eigenvalue weighted by Crippen LogP contribution is 2.21. The second-order valence-electron chi connectivity index (χ2n) is 6.19. The van der Waals surface area contributed by atoms with E-state index in [9.17, 15) is 0 Å². The molecule has 1 aliphatic heterocycles. The second-order valence-corrected chi connectivity index (χ2v) is 6.19. The number of nitrogens with one attached hydrogen (secondary N) is 1. The van der Waals surface area contributed by atoms with Crippen LogP contribution in [-0.2, 0) is 6.54 Å². The minimum atomic E-state index is 0.302. The van der Waals surface area contributed by atoms with Crippen LogP contribution in [0, 0.1) is 5.92 Å². The van der Waals surface area contributed by atoms with Crippen LogP contribution in [0.1, 0.15) is 39.2 Å². The normalized spacial score (nSPS) is 17.3. The van der Waals surface area contributed by atoms with Crippen LogP contribution in [0.4, 0.5) is 5.82 Å². The molecule has 3 N–H and O–H groups in total. The van der Waals surface area contributed by atoms with Gasteiger partial charge in [0.2, 0.25) is 0 Å². The molecule has 1 fully saturated rings. The Morgan fingerprint density at radius 2 is 2.14 bits per heavy atom. The molecule has 0 saturated carbocycles. The fourth-order valence-corrected chi connectivity index (χ4v) is 2.45. The van der Waals surface area contributed by atoms with E-state index in [-0.39, 0.29) is 0 Å². The first-order chi connectivity index (χ1) is 10.0. The van der Waals surface area contributed by atoms with E-state index in [2.05, 4.69) is 39.2 Å². The standard InChI is InChI=1S/C16H27N5/c1-12(2)20-16(17)19-11-14-4-5-15(18-10-14)21-8-6-13(3)7-9-21/h4-5,10,12-13H,6-9,11H2,1-3H3,(H3,17,19,20). The molecule has 1 aliphatic rings. The van der Waals surface area contributed by atoms with Crippen molar-refractivity contribution in [2.75, 3.05) is 18.0 Å². The summed E-state index contributed by atoms with van der Waals surface area (Å²) in [7, 11) is 0. The van der Waals surface area contributed by atoms with Gasteiger partial charge < -0.3 is 16.0 Å². The van der Waals surface area contributed by atoms with Gasteiger partial charge in [0.05, 0.1) is 6.54 Å². The van der Waals surface area contributed by atoms with Gasteiger partial charge >= 0.3 is 0 Å². The van der Waals surface area contributed by atoms with Crippen LogP contribution >= 0.6 is 0 Å². The first kappa shape index (κ1) is 15.6. The molecule has 0 aliphatic carbocycles. The SMILES string of the molecule is CC1CCN(c2ccc(CN=C(N)NC(C)C)cn2)CC1. The lowest BCUT2D eigenvalue weighted by molar-refractivity contribution is 0.436. The van der Waals surface area contributed by atoms with E-state index in [1.807, 2.05) is 20.0 Å². The van der Waals surface area contributed by atoms with Gasteiger partial charge in [-0.05, 0) is 44.2 Å². The van der Waals surface area contributed by atoms with Crippen LogP contribution in [0.15, 0.2) is 23.3 Å². The minimum absolute atomic E-state index is 0.302. The van der Waals surface area contributed by atoms with Crippen LogP contribution in [0.5, 0.6) is 0 Å². The molecule has 0 spiro atoms. The number of aromatic nitrogens is 1. The predicted molar refractivity (Wildman–Crippen MR) is 88.4 cm³/mol. The largest absolute Gasteiger partial charge is 0.370 e. The summed E-state index contributed by atoms with van der Waals surface area (Å²) in [6.07, 6.45) is 4.41. The Hall–Kier alpha value is -1.78. The van der Waals surface area contributed by atoms with Gasteiger partial charge in [-0.15, -0.1) is 0 Å². The molecule has 1 aromatic rings. The quantitative estimate of drug-likeness (QED) is 0.658. The molecule has 2 rings (SSSR count). The molecule has 5 heteroatoms. The van der Waals surface area contributed by atoms with Gasteiger partial charge in [-0.1, -0.05) is 13.0 Å². The van der Waals surface area contributed by atoms with Crippen molar-refractivity contribution in [2.45, 2.75) is 46.2 Å². The number of piperidine rings is 1. The Morgan fingerprint density at radius 1 is 1.43 bits per heavy atom. The zero-order chi connectivity index (χ0) is 15.2. The fourth-order valence-electron chi connectivity index (χ4n) is 2.45. The molecule has 5 nitrogen and oxygen atoms in total. The Morgan fingerprint density at radius 3 is 2.71 bits per heavy atom. The number of anilines is 1. The summed E-state index contributed by atoms with van der Waals surface area (Å²) in [5, 5.41) is 3.08. The summed E-state index contributed by atoms with van der Waals surface area (Å²) in [5.41, 5.74) is 6.87. The summed E-state index contributed by atoms with van der Waals surface area (Å²) >= 11 is 0. The number of hydrogen-bond donors (Lipinski definition) is 2. The summed E-state index contributed by atoms with van der Waals surface area (Å²) < 4.78 is 0. The van der Waals surface area contributed by atoms with E-state index in [4.69, 9.17) is 5.73 Å². The van der Waals surface area contributed by atoms with Crippen LogP contribution in [0.25, 0.3) is 0 Å². The van der Waals surface area contributed by atoms with Gasteiger partial charge in [-0.2, -0.15) is 0 Å². The molecule has 21 heavy (non-hydrogen) atoms. The number of nitrogens with zero attached hydrogens (tertiary/aromatic N) is 3. The second kappa shape index (κ2) is 7.29. The van der Waals surface area contributed by atoms with Crippen molar-refractivity contribution in [1.82, 2.24) is 10.3 Å². The van der Waals surface area contributed by atoms with E-state index in [1.165, 1.54) is 12.8 Å². The van der Waals surface area contributed by atoms with Gasteiger partial charge in [0, 0.05) is 25.3 Å². The highest BCUT2D eigenvalue weighted by atomic mass is 15.2. The van der Waals surface area contributed by atoms with E-state index < -0.39 is 0 Å². The summed E-state index contributed by atoms with van der Waals surface area (Å²) in [4.78, 5) is 11.2. The lowest BCUT2D eigenvalue weighted by atomic mass is 9.99. The number of nitrogens with two attached hydrogens (primary N) is 1. The molecule has 1 aromatic heterocycles. The summed E-state index contributed by atoms with van der Waals surface area (Å²) in [6.45, 7) is 9.18. The van der Waals surface area contributed by atoms with E-state index >= 15 is 0 Å². The maximum Gasteiger partial charge on any atom is 0.189 e. The van der Waals surface area contributed by atoms with E-state index in [1.54, 1.807) is 0 Å². The van der Waals surface area contributed by atoms with E-state index in [0.29, 0.717) is 18.5 Å². The number of pyridine rings is 1. The smallest absolute Gasteiger partial charge is 0.189 e. The Labute approximate surface area is 127 Å². The monoisotopic (exact) mass is 289 g/mol. The van der Waals surface area contributed by atoms with Crippen molar-refractivity contribution in [3.8, 4) is 0 Å². The molecule has 0 amide bonds. The number of guanidine groups is 1. The van der Waals surface area contributed by atoms with Crippen LogP contribution < -0.4 is 16.0 Å². The molecular formula is C16H27N5. The van der Waals surface area contributed by atoms with Crippen molar-refractivity contribution in [3.05, 3.63) is 23.9 Å². The molecular weight excluding hydrogens is 262 g/mol. The Kier molecular flexibility index (Phi) is 5.42. The lowest BCUT2D eigenvalue weighted by Crippen LogP contribution is -2.36. The maximum absolute atomic E-state index is 5.79. The van der Waals surface area contributed by atoms with Crippen molar-refractivity contribution >= 4 is 11.8 Å².